The van der Waals surface area contributed by atoms with Crippen molar-refractivity contribution in [1.82, 2.24) is 4.90 Å². The van der Waals surface area contributed by atoms with E-state index >= 15 is 0 Å². The van der Waals surface area contributed by atoms with E-state index in [1.165, 1.54) is 0 Å². The highest BCUT2D eigenvalue weighted by Gasteiger charge is 2.73. The molecule has 0 radical (unpaired) electrons. The molecule has 0 saturated carbocycles. The second-order valence-corrected chi connectivity index (χ2v) is 13.4. The van der Waals surface area contributed by atoms with Crippen LogP contribution in [0.3, 0.4) is 0 Å². The number of carbonyl (C=O) groups is 4. The third-order valence-corrected chi connectivity index (χ3v) is 10.5. The lowest BCUT2D eigenvalue weighted by atomic mass is 9.54. The first kappa shape index (κ1) is 30.2. The number of amides is 3. The van der Waals surface area contributed by atoms with Gasteiger partial charge in [0.15, 0.2) is 0 Å². The van der Waals surface area contributed by atoms with Crippen molar-refractivity contribution >= 4 is 52.6 Å². The normalized spacial score (nSPS) is 24.7. The number of hydrogen-bond donors (Lipinski definition) is 1. The molecule has 2 bridgehead atoms. The number of anilines is 1. The van der Waals surface area contributed by atoms with Gasteiger partial charge in [-0.3, -0.25) is 19.3 Å². The van der Waals surface area contributed by atoms with Gasteiger partial charge in [-0.05, 0) is 65.9 Å². The first-order chi connectivity index (χ1) is 22.1. The van der Waals surface area contributed by atoms with Crippen LogP contribution in [-0.2, 0) is 35.3 Å². The van der Waals surface area contributed by atoms with Crippen LogP contribution in [0.15, 0.2) is 103 Å². The van der Waals surface area contributed by atoms with Crippen LogP contribution in [-0.4, -0.2) is 40.7 Å². The summed E-state index contributed by atoms with van der Waals surface area (Å²) < 4.78 is 5.26. The molecule has 1 saturated heterocycles. The zero-order valence-electron chi connectivity index (χ0n) is 25.1. The molecule has 4 aromatic rings. The number of nitrogens with one attached hydrogen (secondary N) is 1. The van der Waals surface area contributed by atoms with E-state index in [9.17, 15) is 19.2 Å². The first-order valence-corrected chi connectivity index (χ1v) is 15.9. The second kappa shape index (κ2) is 11.1. The zero-order valence-corrected chi connectivity index (χ0v) is 26.6. The Kier molecular flexibility index (Phi) is 7.29. The molecular formula is C37H30Cl2N2O5. The molecule has 1 fully saturated rings. The summed E-state index contributed by atoms with van der Waals surface area (Å²) >= 11 is 15.2. The van der Waals surface area contributed by atoms with Crippen LogP contribution in [0.1, 0.15) is 52.0 Å². The quantitative estimate of drug-likeness (QED) is 0.142. The fourth-order valence-electron chi connectivity index (χ4n) is 7.33. The number of benzene rings is 4. The lowest BCUT2D eigenvalue weighted by molar-refractivity contribution is -0.146. The average Bonchev–Trinajstić information content (AvgIpc) is 3.33. The number of likely N-dealkylation sites (tertiary alicyclic amines) is 1. The number of carbonyl (C=O) groups excluding carboxylic acids is 4. The minimum Gasteiger partial charge on any atom is -0.459 e. The summed E-state index contributed by atoms with van der Waals surface area (Å²) in [6.45, 7) is 3.52. The number of hydrogen-bond acceptors (Lipinski definition) is 5. The van der Waals surface area contributed by atoms with Crippen LogP contribution >= 0.6 is 23.2 Å². The molecule has 8 rings (SSSR count). The number of rotatable bonds is 7. The van der Waals surface area contributed by atoms with Crippen molar-refractivity contribution in [1.29, 1.82) is 0 Å². The van der Waals surface area contributed by atoms with E-state index < -0.39 is 51.3 Å². The van der Waals surface area contributed by atoms with E-state index in [1.807, 2.05) is 78.9 Å². The van der Waals surface area contributed by atoms with Crippen molar-refractivity contribution in [2.24, 2.45) is 11.8 Å². The van der Waals surface area contributed by atoms with E-state index in [4.69, 9.17) is 27.9 Å². The highest BCUT2D eigenvalue weighted by atomic mass is 35.5. The molecule has 3 aliphatic carbocycles. The molecule has 232 valence electrons. The molecule has 1 N–H and O–H groups in total. The van der Waals surface area contributed by atoms with E-state index in [0.717, 1.165) is 10.5 Å². The Labute approximate surface area is 276 Å². The van der Waals surface area contributed by atoms with Crippen molar-refractivity contribution in [3.8, 4) is 0 Å². The Hall–Kier alpha value is -4.46. The molecule has 4 aliphatic rings. The number of halogens is 2. The van der Waals surface area contributed by atoms with Gasteiger partial charge in [-0.2, -0.15) is 0 Å². The minimum absolute atomic E-state index is 0.0762. The third kappa shape index (κ3) is 4.40. The largest absolute Gasteiger partial charge is 0.459 e. The molecule has 3 amide bonds. The molecular weight excluding hydrogens is 623 g/mol. The molecule has 0 unspecified atom stereocenters. The van der Waals surface area contributed by atoms with Crippen LogP contribution in [0.4, 0.5) is 5.69 Å². The van der Waals surface area contributed by atoms with E-state index in [0.29, 0.717) is 33.5 Å². The lowest BCUT2D eigenvalue weighted by Crippen LogP contribution is -2.57. The summed E-state index contributed by atoms with van der Waals surface area (Å²) in [5.41, 5.74) is 4.24. The Balaban J connectivity index is 1.28. The number of esters is 1. The van der Waals surface area contributed by atoms with Gasteiger partial charge >= 0.3 is 5.97 Å². The van der Waals surface area contributed by atoms with Crippen molar-refractivity contribution in [2.75, 3.05) is 5.32 Å². The van der Waals surface area contributed by atoms with Gasteiger partial charge in [0.05, 0.1) is 23.5 Å². The Morgan fingerprint density at radius 3 is 1.65 bits per heavy atom. The minimum atomic E-state index is -1.36. The molecule has 4 aromatic carbocycles. The van der Waals surface area contributed by atoms with Gasteiger partial charge in [0.1, 0.15) is 15.8 Å². The monoisotopic (exact) mass is 652 g/mol. The van der Waals surface area contributed by atoms with Gasteiger partial charge in [-0.1, -0.05) is 78.9 Å². The summed E-state index contributed by atoms with van der Waals surface area (Å²) in [6, 6.07) is 29.1. The first-order valence-electron chi connectivity index (χ1n) is 15.2. The average molecular weight is 654 g/mol. The maximum atomic E-state index is 14.6. The standard InChI is InChI=1S/C37H30Cl2N2O5/c1-21(2)46-35(45)23-16-18-24(19-17-23)40-32(42)29(20-22-10-4-3-5-11-22)41-33(43)30-31(34(41)44)37(39)26-13-7-6-12-25(26)36(30,38)27-14-8-9-15-28(27)37/h3-19,21,29-31H,20H2,1-2H3,(H,40,42)/t29-,30-,31+,36?,37?/m1/s1. The van der Waals surface area contributed by atoms with E-state index in [1.54, 1.807) is 38.1 Å². The zero-order chi connectivity index (χ0) is 32.4. The second-order valence-electron chi connectivity index (χ2n) is 12.2. The van der Waals surface area contributed by atoms with E-state index in [2.05, 4.69) is 5.32 Å². The predicted molar refractivity (Wildman–Crippen MR) is 175 cm³/mol. The smallest absolute Gasteiger partial charge is 0.338 e. The molecule has 0 aromatic heterocycles. The highest BCUT2D eigenvalue weighted by molar-refractivity contribution is 6.36. The van der Waals surface area contributed by atoms with Crippen molar-refractivity contribution in [3.05, 3.63) is 137 Å². The summed E-state index contributed by atoms with van der Waals surface area (Å²) in [4.78, 5) is 54.1. The number of alkyl halides is 2. The maximum absolute atomic E-state index is 14.6. The molecule has 46 heavy (non-hydrogen) atoms. The summed E-state index contributed by atoms with van der Waals surface area (Å²) in [6.07, 6.45) is -0.202. The summed E-state index contributed by atoms with van der Waals surface area (Å²) in [7, 11) is 0. The Bertz CT molecular complexity index is 1770. The number of nitrogens with zero attached hydrogens (tertiary/aromatic N) is 1. The fourth-order valence-corrected chi connectivity index (χ4v) is 8.43. The topological polar surface area (TPSA) is 92.8 Å². The molecule has 7 nitrogen and oxygen atoms in total. The van der Waals surface area contributed by atoms with Crippen LogP contribution in [0.25, 0.3) is 0 Å². The molecule has 0 spiro atoms. The lowest BCUT2D eigenvalue weighted by Gasteiger charge is -2.54. The summed E-state index contributed by atoms with van der Waals surface area (Å²) in [5, 5.41) is 2.86. The Morgan fingerprint density at radius 1 is 0.739 bits per heavy atom. The molecule has 3 atom stereocenters. The SMILES string of the molecule is CC(C)OC(=O)c1ccc(NC(=O)[C@@H](Cc2ccccc2)N2C(=O)[C@@H]3[C@H](C2=O)C2(Cl)c4ccccc4C3(Cl)c3ccccc32)cc1. The summed E-state index contributed by atoms with van der Waals surface area (Å²) in [5.74, 6) is -4.17. The van der Waals surface area contributed by atoms with Crippen LogP contribution in [0.2, 0.25) is 0 Å². The van der Waals surface area contributed by atoms with Gasteiger partial charge < -0.3 is 10.1 Å². The van der Waals surface area contributed by atoms with Crippen molar-refractivity contribution in [2.45, 2.75) is 42.2 Å². The van der Waals surface area contributed by atoms with Crippen LogP contribution in [0.5, 0.6) is 0 Å². The van der Waals surface area contributed by atoms with E-state index in [-0.39, 0.29) is 12.5 Å². The highest BCUT2D eigenvalue weighted by Crippen LogP contribution is 2.69. The molecule has 9 heteroatoms. The van der Waals surface area contributed by atoms with Crippen molar-refractivity contribution in [3.63, 3.8) is 0 Å². The van der Waals surface area contributed by atoms with Crippen molar-refractivity contribution < 1.29 is 23.9 Å². The van der Waals surface area contributed by atoms with Gasteiger partial charge in [0.25, 0.3) is 0 Å². The number of imide groups is 1. The third-order valence-electron chi connectivity index (χ3n) is 9.24. The van der Waals surface area contributed by atoms with Crippen LogP contribution < -0.4 is 5.32 Å². The molecule has 1 aliphatic heterocycles. The predicted octanol–water partition coefficient (Wildman–Crippen LogP) is 6.39. The molecule has 1 heterocycles. The van der Waals surface area contributed by atoms with Gasteiger partial charge in [-0.15, -0.1) is 23.2 Å². The number of ether oxygens (including phenoxy) is 1. The Morgan fingerprint density at radius 2 is 1.20 bits per heavy atom. The maximum Gasteiger partial charge on any atom is 0.338 e. The van der Waals surface area contributed by atoms with Gasteiger partial charge in [-0.25, -0.2) is 4.79 Å². The van der Waals surface area contributed by atoms with Gasteiger partial charge in [0.2, 0.25) is 17.7 Å². The fraction of sp³-hybridized carbons (Fsp3) is 0.243. The van der Waals surface area contributed by atoms with Gasteiger partial charge in [0, 0.05) is 12.1 Å². The van der Waals surface area contributed by atoms with Crippen LogP contribution in [0, 0.1) is 11.8 Å².